The molecule has 0 saturated carbocycles. The number of fused-ring (bicyclic) bond motifs is 1. The summed E-state index contributed by atoms with van der Waals surface area (Å²) in [5.41, 5.74) is 2.20. The molecule has 3 aliphatic rings. The van der Waals surface area contributed by atoms with Gasteiger partial charge in [-0.3, -0.25) is 10.0 Å². The first-order valence-electron chi connectivity index (χ1n) is 10.4. The van der Waals surface area contributed by atoms with Crippen LogP contribution >= 0.6 is 0 Å². The minimum Gasteiger partial charge on any atom is -0.444 e. The smallest absolute Gasteiger partial charge is 0.410 e. The molecule has 1 atom stereocenters. The third-order valence-electron chi connectivity index (χ3n) is 6.38. The van der Waals surface area contributed by atoms with Crippen LogP contribution in [0.25, 0.3) is 0 Å². The van der Waals surface area contributed by atoms with Gasteiger partial charge in [0.05, 0.1) is 24.4 Å². The van der Waals surface area contributed by atoms with E-state index in [0.29, 0.717) is 19.6 Å². The summed E-state index contributed by atoms with van der Waals surface area (Å²) in [5, 5.41) is 9.29. The fourth-order valence-electron chi connectivity index (χ4n) is 4.43. The number of nitrogens with zero attached hydrogens (tertiary/aromatic N) is 2. The number of benzene rings is 1. The molecule has 3 heterocycles. The molecular formula is C20H27N3O7S. The lowest BCUT2D eigenvalue weighted by atomic mass is 9.79. The van der Waals surface area contributed by atoms with Gasteiger partial charge in [-0.1, -0.05) is 24.3 Å². The summed E-state index contributed by atoms with van der Waals surface area (Å²) in [5.74, 6) is -1.18. The summed E-state index contributed by atoms with van der Waals surface area (Å²) in [7, 11) is -3.79. The first kappa shape index (κ1) is 22.0. The Morgan fingerprint density at radius 3 is 2.39 bits per heavy atom. The number of hydroxylamine groups is 1. The lowest BCUT2D eigenvalue weighted by Crippen LogP contribution is -2.54. The summed E-state index contributed by atoms with van der Waals surface area (Å²) < 4.78 is 38.4. The van der Waals surface area contributed by atoms with Crippen molar-refractivity contribution < 1.29 is 32.7 Å². The Labute approximate surface area is 181 Å². The van der Waals surface area contributed by atoms with E-state index in [4.69, 9.17) is 9.47 Å². The highest BCUT2D eigenvalue weighted by Gasteiger charge is 2.47. The van der Waals surface area contributed by atoms with Crippen molar-refractivity contribution in [1.29, 1.82) is 0 Å². The summed E-state index contributed by atoms with van der Waals surface area (Å²) >= 11 is 0. The molecule has 1 aromatic rings. The molecule has 0 radical (unpaired) electrons. The lowest BCUT2D eigenvalue weighted by molar-refractivity contribution is -0.141. The van der Waals surface area contributed by atoms with E-state index in [2.05, 4.69) is 0 Å². The summed E-state index contributed by atoms with van der Waals surface area (Å²) in [6.07, 6.45) is 0.0848. The van der Waals surface area contributed by atoms with Gasteiger partial charge in [-0.25, -0.2) is 18.7 Å². The Bertz CT molecular complexity index is 913. The first-order valence-corrected chi connectivity index (χ1v) is 12.0. The lowest BCUT2D eigenvalue weighted by Gasteiger charge is -2.40. The molecule has 0 aliphatic carbocycles. The van der Waals surface area contributed by atoms with Crippen molar-refractivity contribution in [3.63, 3.8) is 0 Å². The van der Waals surface area contributed by atoms with Crippen molar-refractivity contribution in [3.05, 3.63) is 35.4 Å². The topological polar surface area (TPSA) is 125 Å². The molecule has 10 nitrogen and oxygen atoms in total. The Hall–Kier alpha value is -2.21. The fourth-order valence-corrected chi connectivity index (χ4v) is 6.41. The maximum absolute atomic E-state index is 13.2. The van der Waals surface area contributed by atoms with E-state index in [1.54, 1.807) is 5.48 Å². The molecule has 2 N–H and O–H groups in total. The quantitative estimate of drug-likeness (QED) is 0.500. The number of carbonyl (C=O) groups excluding carboxylic acids is 2. The molecule has 3 aliphatic heterocycles. The van der Waals surface area contributed by atoms with E-state index in [1.165, 1.54) is 9.21 Å². The van der Waals surface area contributed by atoms with Crippen LogP contribution in [0.3, 0.4) is 0 Å². The predicted octanol–water partition coefficient (Wildman–Crippen LogP) is 0.845. The molecule has 11 heteroatoms. The second-order valence-electron chi connectivity index (χ2n) is 8.37. The van der Waals surface area contributed by atoms with Crippen molar-refractivity contribution in [1.82, 2.24) is 14.7 Å². The van der Waals surface area contributed by atoms with Crippen LogP contribution in [0.5, 0.6) is 0 Å². The highest BCUT2D eigenvalue weighted by molar-refractivity contribution is 7.89. The minimum absolute atomic E-state index is 0.107. The third kappa shape index (κ3) is 4.54. The van der Waals surface area contributed by atoms with Gasteiger partial charge in [0, 0.05) is 32.6 Å². The zero-order chi connectivity index (χ0) is 22.1. The summed E-state index contributed by atoms with van der Waals surface area (Å²) in [6.45, 7) is 1.77. The number of ether oxygens (including phenoxy) is 2. The van der Waals surface area contributed by atoms with Crippen molar-refractivity contribution in [2.75, 3.05) is 32.1 Å². The molecule has 0 bridgehead atoms. The highest BCUT2D eigenvalue weighted by atomic mass is 32.2. The second-order valence-corrected chi connectivity index (χ2v) is 10.3. The standard InChI is InChI=1S/C20H27N3O7S/c24-18(21-26)20(6-8-22(9-7-20)19(25)30-17-5-10-29-13-17)14-31(27,28)23-11-15-3-1-2-4-16(15)12-23/h1-4,17,26H,5-14H2,(H,21,24)/t17-/m0/s1. The third-order valence-corrected chi connectivity index (χ3v) is 8.34. The Balaban J connectivity index is 1.43. The van der Waals surface area contributed by atoms with Crippen LogP contribution in [0, 0.1) is 5.41 Å². The van der Waals surface area contributed by atoms with Crippen molar-refractivity contribution in [2.24, 2.45) is 5.41 Å². The molecule has 0 unspecified atom stereocenters. The molecule has 0 spiro atoms. The molecule has 0 aromatic heterocycles. The van der Waals surface area contributed by atoms with Crippen LogP contribution in [0.2, 0.25) is 0 Å². The van der Waals surface area contributed by atoms with Gasteiger partial charge >= 0.3 is 6.09 Å². The molecule has 2 amide bonds. The predicted molar refractivity (Wildman–Crippen MR) is 108 cm³/mol. The van der Waals surface area contributed by atoms with Crippen LogP contribution in [-0.2, 0) is 37.4 Å². The molecule has 4 rings (SSSR count). The molecule has 170 valence electrons. The maximum atomic E-state index is 13.2. The van der Waals surface area contributed by atoms with Gasteiger partial charge in [0.2, 0.25) is 10.0 Å². The Morgan fingerprint density at radius 2 is 1.84 bits per heavy atom. The van der Waals surface area contributed by atoms with E-state index in [1.807, 2.05) is 24.3 Å². The van der Waals surface area contributed by atoms with Gasteiger partial charge in [-0.15, -0.1) is 0 Å². The van der Waals surface area contributed by atoms with E-state index < -0.39 is 33.2 Å². The second kappa shape index (κ2) is 8.73. The van der Waals surface area contributed by atoms with Crippen LogP contribution in [-0.4, -0.2) is 73.0 Å². The summed E-state index contributed by atoms with van der Waals surface area (Å²) in [6, 6.07) is 7.51. The van der Waals surface area contributed by atoms with E-state index in [-0.39, 0.29) is 45.1 Å². The Kier molecular flexibility index (Phi) is 6.20. The van der Waals surface area contributed by atoms with Crippen LogP contribution in [0.1, 0.15) is 30.4 Å². The number of amides is 2. The van der Waals surface area contributed by atoms with Crippen molar-refractivity contribution in [3.8, 4) is 0 Å². The largest absolute Gasteiger partial charge is 0.444 e. The molecule has 2 fully saturated rings. The minimum atomic E-state index is -3.79. The van der Waals surface area contributed by atoms with Gasteiger partial charge < -0.3 is 14.4 Å². The van der Waals surface area contributed by atoms with E-state index in [0.717, 1.165) is 11.1 Å². The van der Waals surface area contributed by atoms with E-state index >= 15 is 0 Å². The number of piperidine rings is 1. The number of carbonyl (C=O) groups is 2. The number of hydrogen-bond donors (Lipinski definition) is 2. The zero-order valence-corrected chi connectivity index (χ0v) is 18.0. The van der Waals surface area contributed by atoms with Crippen LogP contribution in [0.15, 0.2) is 24.3 Å². The average molecular weight is 454 g/mol. The number of nitrogens with one attached hydrogen (secondary N) is 1. The zero-order valence-electron chi connectivity index (χ0n) is 17.2. The van der Waals surface area contributed by atoms with Crippen LogP contribution in [0.4, 0.5) is 4.79 Å². The number of rotatable bonds is 5. The van der Waals surface area contributed by atoms with Gasteiger partial charge in [-0.05, 0) is 24.0 Å². The normalized spacial score (nSPS) is 23.4. The summed E-state index contributed by atoms with van der Waals surface area (Å²) in [4.78, 5) is 26.4. The Morgan fingerprint density at radius 1 is 1.19 bits per heavy atom. The highest BCUT2D eigenvalue weighted by Crippen LogP contribution is 2.36. The molecule has 2 saturated heterocycles. The van der Waals surface area contributed by atoms with E-state index in [9.17, 15) is 23.2 Å². The monoisotopic (exact) mass is 453 g/mol. The van der Waals surface area contributed by atoms with Gasteiger partial charge in [0.15, 0.2) is 0 Å². The first-order chi connectivity index (χ1) is 14.8. The van der Waals surface area contributed by atoms with Gasteiger partial charge in [-0.2, -0.15) is 4.31 Å². The maximum Gasteiger partial charge on any atom is 0.410 e. The fraction of sp³-hybridized carbons (Fsp3) is 0.600. The number of likely N-dealkylation sites (tertiary alicyclic amines) is 1. The molecular weight excluding hydrogens is 426 g/mol. The van der Waals surface area contributed by atoms with Gasteiger partial charge in [0.25, 0.3) is 5.91 Å². The molecule has 31 heavy (non-hydrogen) atoms. The number of hydrogen-bond acceptors (Lipinski definition) is 7. The van der Waals surface area contributed by atoms with Crippen LogP contribution < -0.4 is 5.48 Å². The number of sulfonamides is 1. The molecule has 1 aromatic carbocycles. The van der Waals surface area contributed by atoms with Gasteiger partial charge in [0.1, 0.15) is 6.10 Å². The SMILES string of the molecule is O=C(O[C@H]1CCOC1)N1CCC(CS(=O)(=O)N2Cc3ccccc3C2)(C(=O)NO)CC1. The van der Waals surface area contributed by atoms with Crippen molar-refractivity contribution >= 4 is 22.0 Å². The van der Waals surface area contributed by atoms with Crippen molar-refractivity contribution in [2.45, 2.75) is 38.5 Å². The average Bonchev–Trinajstić information content (AvgIpc) is 3.43.